The van der Waals surface area contributed by atoms with Crippen LogP contribution in [0.5, 0.6) is 6.01 Å². The fourth-order valence-electron chi connectivity index (χ4n) is 1.77. The van der Waals surface area contributed by atoms with Gasteiger partial charge in [0, 0.05) is 18.9 Å². The first kappa shape index (κ1) is 15.1. The molecule has 0 unspecified atom stereocenters. The van der Waals surface area contributed by atoms with Crippen LogP contribution in [-0.4, -0.2) is 55.6 Å². The van der Waals surface area contributed by atoms with Gasteiger partial charge < -0.3 is 9.64 Å². The lowest BCUT2D eigenvalue weighted by molar-refractivity contribution is 0.212. The number of hydrogen-bond acceptors (Lipinski definition) is 8. The van der Waals surface area contributed by atoms with E-state index in [0.29, 0.717) is 12.6 Å². The normalized spacial score (nSPS) is 10.9. The van der Waals surface area contributed by atoms with Crippen LogP contribution in [0.4, 0.5) is 5.95 Å². The number of nitrogen functional groups attached to an aromatic ring is 1. The van der Waals surface area contributed by atoms with E-state index in [1.165, 1.54) is 0 Å². The molecular weight excluding hydrogens is 272 g/mol. The van der Waals surface area contributed by atoms with Crippen molar-refractivity contribution in [2.75, 3.05) is 31.7 Å². The summed E-state index contributed by atoms with van der Waals surface area (Å²) in [5.41, 5.74) is 2.40. The average Bonchev–Trinajstić information content (AvgIpc) is 3.05. The molecule has 0 spiro atoms. The minimum Gasteiger partial charge on any atom is -0.462 e. The van der Waals surface area contributed by atoms with Crippen LogP contribution in [-0.2, 0) is 0 Å². The van der Waals surface area contributed by atoms with Crippen LogP contribution in [0.1, 0.15) is 13.8 Å². The van der Waals surface area contributed by atoms with Gasteiger partial charge in [-0.15, -0.1) is 0 Å². The zero-order valence-electron chi connectivity index (χ0n) is 12.2. The van der Waals surface area contributed by atoms with Crippen molar-refractivity contribution in [3.8, 4) is 12.0 Å². The predicted octanol–water partition coefficient (Wildman–Crippen LogP) is 0.0635. The number of imidazole rings is 1. The van der Waals surface area contributed by atoms with Crippen LogP contribution < -0.4 is 16.0 Å². The molecule has 114 valence electrons. The van der Waals surface area contributed by atoms with Gasteiger partial charge in [-0.2, -0.15) is 15.0 Å². The number of ether oxygens (including phenoxy) is 1. The Morgan fingerprint density at radius 2 is 2.10 bits per heavy atom. The quantitative estimate of drug-likeness (QED) is 0.519. The minimum absolute atomic E-state index is 0.230. The smallest absolute Gasteiger partial charge is 0.323 e. The molecule has 21 heavy (non-hydrogen) atoms. The molecule has 0 radical (unpaired) electrons. The number of anilines is 1. The lowest BCUT2D eigenvalue weighted by Gasteiger charge is -2.17. The summed E-state index contributed by atoms with van der Waals surface area (Å²) in [4.78, 5) is 18.7. The lowest BCUT2D eigenvalue weighted by atomic mass is 10.5. The largest absolute Gasteiger partial charge is 0.462 e. The minimum atomic E-state index is 0.230. The summed E-state index contributed by atoms with van der Waals surface area (Å²) < 4.78 is 7.24. The Labute approximate surface area is 123 Å². The van der Waals surface area contributed by atoms with Gasteiger partial charge >= 0.3 is 6.01 Å². The molecule has 0 aliphatic rings. The highest BCUT2D eigenvalue weighted by Crippen LogP contribution is 2.10. The number of aromatic nitrogens is 5. The molecule has 3 N–H and O–H groups in total. The van der Waals surface area contributed by atoms with E-state index in [0.717, 1.165) is 19.6 Å². The number of likely N-dealkylation sites (N-methyl/N-ethyl adjacent to an activating group) is 1. The van der Waals surface area contributed by atoms with Gasteiger partial charge in [0.25, 0.3) is 0 Å². The Hall–Kier alpha value is -2.26. The van der Waals surface area contributed by atoms with Gasteiger partial charge in [0.15, 0.2) is 0 Å². The zero-order valence-corrected chi connectivity index (χ0v) is 12.2. The first-order valence-corrected chi connectivity index (χ1v) is 6.83. The molecule has 0 bridgehead atoms. The Kier molecular flexibility index (Phi) is 5.41. The van der Waals surface area contributed by atoms with Gasteiger partial charge in [0.1, 0.15) is 12.9 Å². The second-order valence-electron chi connectivity index (χ2n) is 4.23. The van der Waals surface area contributed by atoms with Crippen LogP contribution in [0.25, 0.3) is 5.95 Å². The molecule has 9 nitrogen and oxygen atoms in total. The van der Waals surface area contributed by atoms with E-state index in [9.17, 15) is 0 Å². The highest BCUT2D eigenvalue weighted by molar-refractivity contribution is 5.28. The van der Waals surface area contributed by atoms with Crippen molar-refractivity contribution in [2.24, 2.45) is 5.84 Å². The number of hydrogen-bond donors (Lipinski definition) is 2. The van der Waals surface area contributed by atoms with Gasteiger partial charge in [0.2, 0.25) is 11.9 Å². The molecule has 2 rings (SSSR count). The summed E-state index contributed by atoms with van der Waals surface area (Å²) in [5.74, 6) is 6.01. The van der Waals surface area contributed by atoms with Gasteiger partial charge in [0.05, 0.1) is 0 Å². The van der Waals surface area contributed by atoms with Crippen LogP contribution in [0.2, 0.25) is 0 Å². The van der Waals surface area contributed by atoms with Crippen molar-refractivity contribution in [3.05, 3.63) is 18.7 Å². The fraction of sp³-hybridized carbons (Fsp3) is 0.500. The third-order valence-corrected chi connectivity index (χ3v) is 3.00. The summed E-state index contributed by atoms with van der Waals surface area (Å²) in [5, 5.41) is 0. The number of nitrogens with zero attached hydrogens (tertiary/aromatic N) is 6. The fourth-order valence-corrected chi connectivity index (χ4v) is 1.77. The van der Waals surface area contributed by atoms with Gasteiger partial charge in [-0.25, -0.2) is 10.8 Å². The number of rotatable bonds is 8. The van der Waals surface area contributed by atoms with E-state index < -0.39 is 0 Å². The van der Waals surface area contributed by atoms with Crippen LogP contribution >= 0.6 is 0 Å². The second-order valence-corrected chi connectivity index (χ2v) is 4.23. The summed E-state index contributed by atoms with van der Waals surface area (Å²) >= 11 is 0. The predicted molar refractivity (Wildman–Crippen MR) is 78.0 cm³/mol. The van der Waals surface area contributed by atoms with Crippen molar-refractivity contribution in [1.82, 2.24) is 29.4 Å². The third kappa shape index (κ3) is 4.10. The van der Waals surface area contributed by atoms with E-state index in [-0.39, 0.29) is 12.0 Å². The summed E-state index contributed by atoms with van der Waals surface area (Å²) in [6.07, 6.45) is 4.96. The van der Waals surface area contributed by atoms with E-state index in [1.807, 2.05) is 0 Å². The first-order valence-electron chi connectivity index (χ1n) is 6.83. The molecule has 0 saturated carbocycles. The zero-order chi connectivity index (χ0) is 15.1. The van der Waals surface area contributed by atoms with E-state index >= 15 is 0 Å². The molecule has 9 heteroatoms. The van der Waals surface area contributed by atoms with Gasteiger partial charge in [-0.3, -0.25) is 9.99 Å². The Morgan fingerprint density at radius 1 is 1.29 bits per heavy atom. The topological polar surface area (TPSA) is 107 Å². The van der Waals surface area contributed by atoms with E-state index in [1.54, 1.807) is 23.3 Å². The second kappa shape index (κ2) is 7.50. The standard InChI is InChI=1S/C12H20N8O/c1-3-19(4-2)7-8-21-12-16-10(18-13)15-11(17-12)20-6-5-14-9-20/h5-6,9H,3-4,7-8,13H2,1-2H3,(H,15,16,17,18). The molecule has 2 aromatic heterocycles. The monoisotopic (exact) mass is 292 g/mol. The molecule has 2 aromatic rings. The van der Waals surface area contributed by atoms with Crippen molar-refractivity contribution in [1.29, 1.82) is 0 Å². The van der Waals surface area contributed by atoms with Crippen LogP contribution in [0.3, 0.4) is 0 Å². The van der Waals surface area contributed by atoms with Crippen molar-refractivity contribution in [3.63, 3.8) is 0 Å². The van der Waals surface area contributed by atoms with E-state index in [2.05, 4.69) is 44.1 Å². The molecule has 2 heterocycles. The molecule has 0 atom stereocenters. The van der Waals surface area contributed by atoms with Crippen molar-refractivity contribution in [2.45, 2.75) is 13.8 Å². The highest BCUT2D eigenvalue weighted by atomic mass is 16.5. The number of nitrogens with one attached hydrogen (secondary N) is 1. The maximum Gasteiger partial charge on any atom is 0.323 e. The SMILES string of the molecule is CCN(CC)CCOc1nc(NN)nc(-n2ccnc2)n1. The molecule has 0 amide bonds. The van der Waals surface area contributed by atoms with E-state index in [4.69, 9.17) is 10.6 Å². The average molecular weight is 292 g/mol. The maximum absolute atomic E-state index is 5.59. The lowest BCUT2D eigenvalue weighted by Crippen LogP contribution is -2.28. The van der Waals surface area contributed by atoms with Gasteiger partial charge in [-0.1, -0.05) is 13.8 Å². The van der Waals surface area contributed by atoms with Crippen molar-refractivity contribution >= 4 is 5.95 Å². The molecule has 0 fully saturated rings. The van der Waals surface area contributed by atoms with Crippen LogP contribution in [0.15, 0.2) is 18.7 Å². The molecule has 0 saturated heterocycles. The van der Waals surface area contributed by atoms with Gasteiger partial charge in [-0.05, 0) is 13.1 Å². The Balaban J connectivity index is 2.07. The molecule has 0 aliphatic carbocycles. The maximum atomic E-state index is 5.59. The Bertz CT molecular complexity index is 540. The molecule has 0 aliphatic heterocycles. The molecular formula is C12H20N8O. The highest BCUT2D eigenvalue weighted by Gasteiger charge is 2.09. The van der Waals surface area contributed by atoms with Crippen molar-refractivity contribution < 1.29 is 4.74 Å². The summed E-state index contributed by atoms with van der Waals surface area (Å²) in [6, 6.07) is 0.230. The first-order chi connectivity index (χ1) is 10.3. The number of hydrazine groups is 1. The third-order valence-electron chi connectivity index (χ3n) is 3.00. The summed E-state index contributed by atoms with van der Waals surface area (Å²) in [6.45, 7) is 7.49. The number of nitrogens with two attached hydrogens (primary N) is 1. The van der Waals surface area contributed by atoms with Crippen LogP contribution in [0, 0.1) is 0 Å². The summed E-state index contributed by atoms with van der Waals surface area (Å²) in [7, 11) is 0. The molecule has 0 aromatic carbocycles. The Morgan fingerprint density at radius 3 is 2.71 bits per heavy atom.